The van der Waals surface area contributed by atoms with Crippen molar-refractivity contribution < 1.29 is 0 Å². The quantitative estimate of drug-likeness (QED) is 0.160. The number of thiophene rings is 1. The topological polar surface area (TPSA) is 3.24 Å². The van der Waals surface area contributed by atoms with Crippen LogP contribution in [0.1, 0.15) is 37.7 Å². The van der Waals surface area contributed by atoms with E-state index in [-0.39, 0.29) is 0 Å². The predicted molar refractivity (Wildman–Crippen MR) is 225 cm³/mol. The second-order valence-electron chi connectivity index (χ2n) is 15.9. The lowest BCUT2D eigenvalue weighted by molar-refractivity contribution is -0.145. The van der Waals surface area contributed by atoms with Crippen molar-refractivity contribution in [3.05, 3.63) is 175 Å². The fourth-order valence-electron chi connectivity index (χ4n) is 10.7. The van der Waals surface area contributed by atoms with Crippen molar-refractivity contribution in [1.29, 1.82) is 0 Å². The third kappa shape index (κ3) is 4.82. The van der Waals surface area contributed by atoms with Crippen molar-refractivity contribution in [2.45, 2.75) is 32.1 Å². The highest BCUT2D eigenvalue weighted by Gasteiger charge is 2.69. The maximum atomic E-state index is 2.60. The first kappa shape index (κ1) is 31.1. The molecule has 3 aliphatic carbocycles. The normalized spacial score (nSPS) is 22.7. The predicted octanol–water partition coefficient (Wildman–Crippen LogP) is 14.7. The Morgan fingerprint density at radius 2 is 1.13 bits per heavy atom. The van der Waals surface area contributed by atoms with E-state index in [1.54, 1.807) is 5.56 Å². The van der Waals surface area contributed by atoms with E-state index in [0.717, 1.165) is 29.1 Å². The van der Waals surface area contributed by atoms with Gasteiger partial charge in [0.2, 0.25) is 0 Å². The number of hydrogen-bond donors (Lipinski definition) is 0. The summed E-state index contributed by atoms with van der Waals surface area (Å²) in [5.74, 6) is 3.42. The van der Waals surface area contributed by atoms with Crippen LogP contribution in [0.25, 0.3) is 53.6 Å². The van der Waals surface area contributed by atoms with E-state index in [2.05, 4.69) is 182 Å². The van der Waals surface area contributed by atoms with Crippen molar-refractivity contribution >= 4 is 48.6 Å². The number of rotatable bonds is 7. The molecular formula is C51H41NS. The van der Waals surface area contributed by atoms with Gasteiger partial charge < -0.3 is 4.90 Å². The van der Waals surface area contributed by atoms with Crippen molar-refractivity contribution in [3.8, 4) is 33.4 Å². The molecule has 3 fully saturated rings. The summed E-state index contributed by atoms with van der Waals surface area (Å²) >= 11 is 1.88. The Morgan fingerprint density at radius 1 is 0.491 bits per heavy atom. The molecule has 1 aromatic heterocycles. The van der Waals surface area contributed by atoms with Crippen LogP contribution >= 0.6 is 11.3 Å². The molecule has 53 heavy (non-hydrogen) atoms. The molecule has 0 amide bonds. The van der Waals surface area contributed by atoms with E-state index in [9.17, 15) is 0 Å². The zero-order chi connectivity index (χ0) is 35.1. The molecule has 5 atom stereocenters. The van der Waals surface area contributed by atoms with E-state index in [1.807, 2.05) is 11.3 Å². The molecule has 3 saturated carbocycles. The van der Waals surface area contributed by atoms with Crippen molar-refractivity contribution in [2.24, 2.45) is 23.2 Å². The van der Waals surface area contributed by atoms with Crippen LogP contribution in [0.3, 0.4) is 0 Å². The Bertz CT molecular complexity index is 2650. The lowest BCUT2D eigenvalue weighted by Gasteiger charge is -2.63. The number of anilines is 3. The molecule has 0 spiro atoms. The highest BCUT2D eigenvalue weighted by Crippen LogP contribution is 2.77. The van der Waals surface area contributed by atoms with Crippen molar-refractivity contribution in [1.82, 2.24) is 0 Å². The highest BCUT2D eigenvalue weighted by molar-refractivity contribution is 7.25. The summed E-state index contributed by atoms with van der Waals surface area (Å²) in [6.07, 6.45) is 4.24. The Kier molecular flexibility index (Phi) is 7.07. The summed E-state index contributed by atoms with van der Waals surface area (Å²) in [7, 11) is 0. The van der Waals surface area contributed by atoms with Crippen LogP contribution < -0.4 is 4.90 Å². The second-order valence-corrected chi connectivity index (χ2v) is 17.0. The zero-order valence-corrected chi connectivity index (χ0v) is 30.8. The maximum Gasteiger partial charge on any atom is 0.0540 e. The number of nitrogens with zero attached hydrogens (tertiary/aromatic N) is 1. The van der Waals surface area contributed by atoms with Gasteiger partial charge in [0.05, 0.1) is 5.69 Å². The first-order valence-electron chi connectivity index (χ1n) is 19.3. The molecule has 0 saturated heterocycles. The molecule has 1 nitrogen and oxygen atoms in total. The summed E-state index contributed by atoms with van der Waals surface area (Å²) in [5, 5.41) is 2.64. The molecule has 11 rings (SSSR count). The van der Waals surface area contributed by atoms with E-state index >= 15 is 0 Å². The number of fused-ring (bicyclic) bond motifs is 3. The summed E-state index contributed by atoms with van der Waals surface area (Å²) in [6.45, 7) is 2.60. The summed E-state index contributed by atoms with van der Waals surface area (Å²) < 4.78 is 2.63. The first-order chi connectivity index (χ1) is 26.1. The van der Waals surface area contributed by atoms with Crippen LogP contribution in [0.2, 0.25) is 0 Å². The van der Waals surface area contributed by atoms with Crippen LogP contribution in [-0.4, -0.2) is 0 Å². The fourth-order valence-corrected chi connectivity index (χ4v) is 11.8. The molecule has 2 heteroatoms. The third-order valence-corrected chi connectivity index (χ3v) is 14.7. The van der Waals surface area contributed by atoms with Crippen LogP contribution in [0, 0.1) is 23.2 Å². The van der Waals surface area contributed by atoms with E-state index in [4.69, 9.17) is 0 Å². The van der Waals surface area contributed by atoms with Gasteiger partial charge >= 0.3 is 0 Å². The monoisotopic (exact) mass is 699 g/mol. The molecule has 0 N–H and O–H groups in total. The smallest absolute Gasteiger partial charge is 0.0540 e. The molecule has 0 radical (unpaired) electrons. The molecule has 0 bridgehead atoms. The van der Waals surface area contributed by atoms with E-state index in [0.29, 0.717) is 11.3 Å². The van der Waals surface area contributed by atoms with Gasteiger partial charge in [0.25, 0.3) is 0 Å². The van der Waals surface area contributed by atoms with Crippen LogP contribution in [0.4, 0.5) is 17.1 Å². The molecule has 2 unspecified atom stereocenters. The maximum absolute atomic E-state index is 2.60. The largest absolute Gasteiger partial charge is 0.310 e. The average molecular weight is 700 g/mol. The minimum absolute atomic E-state index is 0.597. The number of benzene rings is 7. The van der Waals surface area contributed by atoms with Gasteiger partial charge in [-0.3, -0.25) is 0 Å². The van der Waals surface area contributed by atoms with Gasteiger partial charge in [-0.05, 0) is 124 Å². The Labute approximate surface area is 316 Å². The molecule has 3 aliphatic rings. The molecule has 256 valence electrons. The molecule has 1 heterocycles. The number of para-hydroxylation sites is 1. The molecule has 0 aliphatic heterocycles. The Hall–Kier alpha value is -5.44. The highest BCUT2D eigenvalue weighted by atomic mass is 32.1. The lowest BCUT2D eigenvalue weighted by atomic mass is 9.41. The van der Waals surface area contributed by atoms with Crippen molar-refractivity contribution in [2.75, 3.05) is 4.90 Å². The zero-order valence-electron chi connectivity index (χ0n) is 30.0. The van der Waals surface area contributed by atoms with Gasteiger partial charge in [-0.2, -0.15) is 0 Å². The molecule has 8 aromatic rings. The van der Waals surface area contributed by atoms with Crippen LogP contribution in [0.15, 0.2) is 170 Å². The third-order valence-electron chi connectivity index (χ3n) is 13.5. The lowest BCUT2D eigenvalue weighted by Crippen LogP contribution is -2.56. The number of hydrogen-bond acceptors (Lipinski definition) is 2. The summed E-state index contributed by atoms with van der Waals surface area (Å²) in [6, 6.07) is 63.1. The van der Waals surface area contributed by atoms with Gasteiger partial charge in [0.1, 0.15) is 0 Å². The summed E-state index contributed by atoms with van der Waals surface area (Å²) in [4.78, 5) is 2.45. The second kappa shape index (κ2) is 12.0. The SMILES string of the molecule is CC12C3C[C@@H]1C[C@@H](c1ccccc1-c1cccc(-c4ccccc4N(c4ccc(-c5ccccc5)cc4)c4ccc5c(c4)sc4ccccc45)c1)[C@@H]2C3. The molecular weight excluding hydrogens is 659 g/mol. The van der Waals surface area contributed by atoms with Gasteiger partial charge in [0.15, 0.2) is 0 Å². The minimum Gasteiger partial charge on any atom is -0.310 e. The Balaban J connectivity index is 1.03. The first-order valence-corrected chi connectivity index (χ1v) is 20.1. The van der Waals surface area contributed by atoms with Crippen LogP contribution in [0.5, 0.6) is 0 Å². The van der Waals surface area contributed by atoms with Crippen LogP contribution in [-0.2, 0) is 0 Å². The van der Waals surface area contributed by atoms with Crippen molar-refractivity contribution in [3.63, 3.8) is 0 Å². The van der Waals surface area contributed by atoms with Gasteiger partial charge in [-0.1, -0.05) is 134 Å². The van der Waals surface area contributed by atoms with E-state index in [1.165, 1.54) is 78.5 Å². The minimum atomic E-state index is 0.597. The van der Waals surface area contributed by atoms with Gasteiger partial charge in [-0.15, -0.1) is 11.3 Å². The molecule has 7 aromatic carbocycles. The average Bonchev–Trinajstić information content (AvgIpc) is 3.52. The van der Waals surface area contributed by atoms with Gasteiger partial charge in [-0.25, -0.2) is 0 Å². The van der Waals surface area contributed by atoms with E-state index < -0.39 is 0 Å². The Morgan fingerprint density at radius 3 is 1.96 bits per heavy atom. The van der Waals surface area contributed by atoms with Gasteiger partial charge in [0, 0.05) is 37.1 Å². The fraction of sp³-hybridized carbons (Fsp3) is 0.176. The summed E-state index contributed by atoms with van der Waals surface area (Å²) in [5.41, 5.74) is 13.3. The standard InChI is InChI=1S/C51H41NS/c1-51-37-29-38(51)31-47(51)46(30-37)43-18-6-5-16-41(43)35-14-11-15-36(28-35)42-17-7-9-20-48(42)52(39-24-22-34(23-25-39)33-12-3-2-4-13-33)40-26-27-45-44-19-8-10-21-49(44)53-50(45)32-40/h2-28,32,37-38,46-47H,29-31H2,1H3/t37-,38?,46+,47+,51?/m1/s1.